The Morgan fingerprint density at radius 3 is 2.61 bits per heavy atom. The topological polar surface area (TPSA) is 108 Å². The molecule has 0 aliphatic heterocycles. The minimum Gasteiger partial charge on any atom is -0.383 e. The van der Waals surface area contributed by atoms with Gasteiger partial charge in [-0.25, -0.2) is 9.97 Å². The average Bonchev–Trinajstić information content (AvgIpc) is 3.60. The Balaban J connectivity index is 1.32. The summed E-state index contributed by atoms with van der Waals surface area (Å²) in [5.41, 5.74) is 2.35. The van der Waals surface area contributed by atoms with E-state index in [-0.39, 0.29) is 5.41 Å². The van der Waals surface area contributed by atoms with E-state index in [4.69, 9.17) is 9.72 Å². The molecule has 0 amide bonds. The van der Waals surface area contributed by atoms with Crippen LogP contribution in [0.15, 0.2) is 30.6 Å². The number of nitriles is 1. The second kappa shape index (κ2) is 10.0. The smallest absolute Gasteiger partial charge is 0.223 e. The monoisotopic (exact) mass is 421 g/mol. The van der Waals surface area contributed by atoms with E-state index in [1.165, 1.54) is 0 Å². The lowest BCUT2D eigenvalue weighted by Gasteiger charge is -2.29. The Bertz CT molecular complexity index is 901. The van der Waals surface area contributed by atoms with Crippen LogP contribution in [0.2, 0.25) is 0 Å². The molecular formula is C23H31N7O. The first kappa shape index (κ1) is 21.5. The summed E-state index contributed by atoms with van der Waals surface area (Å²) in [5, 5.41) is 19.7. The van der Waals surface area contributed by atoms with Crippen molar-refractivity contribution in [2.75, 3.05) is 37.4 Å². The zero-order valence-electron chi connectivity index (χ0n) is 18.1. The van der Waals surface area contributed by atoms with E-state index in [9.17, 15) is 5.26 Å². The van der Waals surface area contributed by atoms with Crippen molar-refractivity contribution >= 4 is 11.6 Å². The highest BCUT2D eigenvalue weighted by Gasteiger charge is 2.42. The van der Waals surface area contributed by atoms with Gasteiger partial charge in [0.05, 0.1) is 29.5 Å². The second-order valence-electron chi connectivity index (χ2n) is 8.58. The number of hydrogen-bond acceptors (Lipinski definition) is 8. The number of pyridine rings is 1. The minimum atomic E-state index is -0.187. The molecule has 2 aliphatic rings. The van der Waals surface area contributed by atoms with Crippen LogP contribution >= 0.6 is 0 Å². The number of hydrogen-bond donors (Lipinski definition) is 3. The predicted octanol–water partition coefficient (Wildman–Crippen LogP) is 3.21. The Morgan fingerprint density at radius 1 is 1.10 bits per heavy atom. The molecule has 2 aliphatic carbocycles. The van der Waals surface area contributed by atoms with Crippen molar-refractivity contribution in [2.24, 2.45) is 5.41 Å². The lowest BCUT2D eigenvalue weighted by Crippen LogP contribution is -2.38. The van der Waals surface area contributed by atoms with E-state index in [0.29, 0.717) is 24.6 Å². The van der Waals surface area contributed by atoms with Crippen molar-refractivity contribution in [2.45, 2.75) is 50.6 Å². The zero-order chi connectivity index (χ0) is 21.5. The van der Waals surface area contributed by atoms with Gasteiger partial charge in [0.25, 0.3) is 0 Å². The highest BCUT2D eigenvalue weighted by Crippen LogP contribution is 2.44. The molecule has 0 aromatic carbocycles. The quantitative estimate of drug-likeness (QED) is 0.502. The summed E-state index contributed by atoms with van der Waals surface area (Å²) in [7, 11) is 1.73. The number of methoxy groups -OCH3 is 1. The van der Waals surface area contributed by atoms with Crippen LogP contribution in [-0.4, -0.2) is 53.8 Å². The van der Waals surface area contributed by atoms with Crippen LogP contribution in [0.3, 0.4) is 0 Å². The molecule has 31 heavy (non-hydrogen) atoms. The van der Waals surface area contributed by atoms with Gasteiger partial charge in [-0.05, 0) is 56.7 Å². The molecule has 0 spiro atoms. The first-order chi connectivity index (χ1) is 15.2. The molecule has 2 saturated carbocycles. The first-order valence-electron chi connectivity index (χ1n) is 11.1. The maximum absolute atomic E-state index is 9.26. The van der Waals surface area contributed by atoms with E-state index in [1.54, 1.807) is 19.5 Å². The van der Waals surface area contributed by atoms with Crippen molar-refractivity contribution in [1.29, 1.82) is 5.26 Å². The third-order valence-corrected chi connectivity index (χ3v) is 6.20. The summed E-state index contributed by atoms with van der Waals surface area (Å²) in [6, 6.07) is 9.16. The fourth-order valence-electron chi connectivity index (χ4n) is 3.99. The Hall–Kier alpha value is -2.76. The molecule has 0 unspecified atom stereocenters. The predicted molar refractivity (Wildman–Crippen MR) is 121 cm³/mol. The van der Waals surface area contributed by atoms with Crippen LogP contribution in [-0.2, 0) is 4.74 Å². The maximum atomic E-state index is 9.26. The van der Waals surface area contributed by atoms with Crippen LogP contribution in [0, 0.1) is 16.7 Å². The van der Waals surface area contributed by atoms with E-state index in [1.807, 2.05) is 18.2 Å². The van der Waals surface area contributed by atoms with Gasteiger partial charge in [-0.3, -0.25) is 4.98 Å². The van der Waals surface area contributed by atoms with Crippen LogP contribution in [0.1, 0.15) is 38.5 Å². The standard InChI is InChI=1S/C23H31N7O/c1-31-13-12-25-17-2-4-18(5-3-17)29-22-27-11-7-20(30-22)21-14-19(6-10-26-21)28-16-23(15-24)8-9-23/h6-7,10-11,14,17-18,25H,2-5,8-9,12-13,16H2,1H3,(H,26,28)(H,27,29,30). The normalized spacial score (nSPS) is 21.8. The molecule has 2 aromatic heterocycles. The van der Waals surface area contributed by atoms with Gasteiger partial charge in [-0.2, -0.15) is 5.26 Å². The molecule has 8 nitrogen and oxygen atoms in total. The summed E-state index contributed by atoms with van der Waals surface area (Å²) in [6.07, 6.45) is 9.96. The van der Waals surface area contributed by atoms with Crippen molar-refractivity contribution in [3.8, 4) is 17.5 Å². The lowest BCUT2D eigenvalue weighted by molar-refractivity contribution is 0.191. The van der Waals surface area contributed by atoms with Gasteiger partial charge >= 0.3 is 0 Å². The van der Waals surface area contributed by atoms with Gasteiger partial charge in [0.2, 0.25) is 5.95 Å². The molecule has 2 heterocycles. The van der Waals surface area contributed by atoms with Crippen molar-refractivity contribution in [3.63, 3.8) is 0 Å². The summed E-state index contributed by atoms with van der Waals surface area (Å²) in [4.78, 5) is 13.6. The van der Waals surface area contributed by atoms with Gasteiger partial charge in [-0.15, -0.1) is 0 Å². The highest BCUT2D eigenvalue weighted by atomic mass is 16.5. The van der Waals surface area contributed by atoms with Gasteiger partial charge in [0.1, 0.15) is 0 Å². The number of aromatic nitrogens is 3. The summed E-state index contributed by atoms with van der Waals surface area (Å²) in [5.74, 6) is 0.648. The Morgan fingerprint density at radius 2 is 1.87 bits per heavy atom. The zero-order valence-corrected chi connectivity index (χ0v) is 18.1. The lowest BCUT2D eigenvalue weighted by atomic mass is 9.91. The molecule has 0 bridgehead atoms. The number of anilines is 2. The van der Waals surface area contributed by atoms with Crippen LogP contribution in [0.5, 0.6) is 0 Å². The third-order valence-electron chi connectivity index (χ3n) is 6.20. The molecule has 2 aromatic rings. The molecule has 2 fully saturated rings. The average molecular weight is 422 g/mol. The molecule has 0 saturated heterocycles. The number of ether oxygens (including phenoxy) is 1. The molecule has 0 atom stereocenters. The summed E-state index contributed by atoms with van der Waals surface area (Å²) >= 11 is 0. The largest absolute Gasteiger partial charge is 0.383 e. The summed E-state index contributed by atoms with van der Waals surface area (Å²) in [6.45, 7) is 2.33. The molecule has 164 valence electrons. The number of nitrogens with one attached hydrogen (secondary N) is 3. The first-order valence-corrected chi connectivity index (χ1v) is 11.1. The Kier molecular flexibility index (Phi) is 6.95. The van der Waals surface area contributed by atoms with Crippen molar-refractivity contribution in [3.05, 3.63) is 30.6 Å². The van der Waals surface area contributed by atoms with E-state index in [2.05, 4.69) is 32.0 Å². The van der Waals surface area contributed by atoms with Crippen LogP contribution < -0.4 is 16.0 Å². The summed E-state index contributed by atoms with van der Waals surface area (Å²) < 4.78 is 5.11. The third kappa shape index (κ3) is 5.90. The van der Waals surface area contributed by atoms with Gasteiger partial charge < -0.3 is 20.7 Å². The second-order valence-corrected chi connectivity index (χ2v) is 8.58. The minimum absolute atomic E-state index is 0.187. The van der Waals surface area contributed by atoms with E-state index < -0.39 is 0 Å². The van der Waals surface area contributed by atoms with E-state index >= 15 is 0 Å². The number of nitrogens with zero attached hydrogens (tertiary/aromatic N) is 4. The molecular weight excluding hydrogens is 390 g/mol. The fraction of sp³-hybridized carbons (Fsp3) is 0.565. The molecule has 4 rings (SSSR count). The van der Waals surface area contributed by atoms with Crippen LogP contribution in [0.25, 0.3) is 11.4 Å². The number of rotatable bonds is 10. The van der Waals surface area contributed by atoms with Gasteiger partial charge in [-0.1, -0.05) is 0 Å². The fourth-order valence-corrected chi connectivity index (χ4v) is 3.99. The van der Waals surface area contributed by atoms with E-state index in [0.717, 1.165) is 68.8 Å². The maximum Gasteiger partial charge on any atom is 0.223 e. The van der Waals surface area contributed by atoms with Crippen molar-refractivity contribution in [1.82, 2.24) is 20.3 Å². The van der Waals surface area contributed by atoms with Crippen molar-refractivity contribution < 1.29 is 4.74 Å². The molecule has 8 heteroatoms. The highest BCUT2D eigenvalue weighted by molar-refractivity contribution is 5.61. The molecule has 0 radical (unpaired) electrons. The SMILES string of the molecule is COCCNC1CCC(Nc2nccc(-c3cc(NCC4(C#N)CC4)ccn3)n2)CC1. The Labute approximate surface area is 183 Å². The van der Waals surface area contributed by atoms with Gasteiger partial charge in [0.15, 0.2) is 0 Å². The van der Waals surface area contributed by atoms with Gasteiger partial charge in [0, 0.05) is 50.4 Å². The molecule has 3 N–H and O–H groups in total. The van der Waals surface area contributed by atoms with Crippen LogP contribution in [0.4, 0.5) is 11.6 Å².